The number of carbonyl (C=O) groups is 2. The number of benzene rings is 1. The van der Waals surface area contributed by atoms with Crippen LogP contribution >= 0.6 is 0 Å². The van der Waals surface area contributed by atoms with Gasteiger partial charge in [-0.05, 0) is 37.6 Å². The van der Waals surface area contributed by atoms with Gasteiger partial charge in [-0.1, -0.05) is 25.0 Å². The zero-order valence-corrected chi connectivity index (χ0v) is 15.1. The first-order valence-electron chi connectivity index (χ1n) is 8.85. The Bertz CT molecular complexity index is 573. The fraction of sp³-hybridized carbons (Fsp3) is 0.579. The summed E-state index contributed by atoms with van der Waals surface area (Å²) in [7, 11) is 3.44. The number of ether oxygens (including phenoxy) is 1. The molecule has 0 bridgehead atoms. The van der Waals surface area contributed by atoms with Crippen molar-refractivity contribution in [3.63, 3.8) is 0 Å². The average Bonchev–Trinajstić information content (AvgIpc) is 2.86. The molecule has 1 heterocycles. The van der Waals surface area contributed by atoms with Gasteiger partial charge in [0.05, 0.1) is 26.1 Å². The summed E-state index contributed by atoms with van der Waals surface area (Å²) in [5.74, 6) is 0.0319. The van der Waals surface area contributed by atoms with Gasteiger partial charge in [-0.3, -0.25) is 14.5 Å². The SMILES string of the molecule is COc1ccc(C2CCCCCN2C(=O)CN(C)CCC(=O)O)cc1. The van der Waals surface area contributed by atoms with Gasteiger partial charge in [-0.2, -0.15) is 0 Å². The van der Waals surface area contributed by atoms with Crippen molar-refractivity contribution in [2.75, 3.05) is 33.8 Å². The van der Waals surface area contributed by atoms with E-state index in [-0.39, 0.29) is 24.9 Å². The molecular weight excluding hydrogens is 320 g/mol. The number of aliphatic carboxylic acids is 1. The molecule has 6 nitrogen and oxygen atoms in total. The highest BCUT2D eigenvalue weighted by Crippen LogP contribution is 2.31. The number of carboxylic acid groups (broad SMARTS) is 1. The van der Waals surface area contributed by atoms with Crippen LogP contribution in [0.1, 0.15) is 43.7 Å². The molecule has 0 aromatic heterocycles. The fourth-order valence-electron chi connectivity index (χ4n) is 3.27. The van der Waals surface area contributed by atoms with E-state index in [2.05, 4.69) is 0 Å². The Morgan fingerprint density at radius 3 is 2.60 bits per heavy atom. The summed E-state index contributed by atoms with van der Waals surface area (Å²) in [6, 6.07) is 8.00. The lowest BCUT2D eigenvalue weighted by molar-refractivity contribution is -0.139. The first-order valence-corrected chi connectivity index (χ1v) is 8.85. The van der Waals surface area contributed by atoms with Gasteiger partial charge in [-0.25, -0.2) is 0 Å². The summed E-state index contributed by atoms with van der Waals surface area (Å²) < 4.78 is 5.22. The molecule has 2 rings (SSSR count). The average molecular weight is 348 g/mol. The number of carboxylic acids is 1. The molecule has 1 fully saturated rings. The Kier molecular flexibility index (Phi) is 7.25. The number of carbonyl (C=O) groups excluding carboxylic acids is 1. The molecule has 1 aromatic rings. The van der Waals surface area contributed by atoms with Crippen LogP contribution in [0.15, 0.2) is 24.3 Å². The Balaban J connectivity index is 2.07. The van der Waals surface area contributed by atoms with Gasteiger partial charge in [0.15, 0.2) is 0 Å². The molecule has 0 aliphatic carbocycles. The lowest BCUT2D eigenvalue weighted by Gasteiger charge is -2.32. The van der Waals surface area contributed by atoms with Crippen molar-refractivity contribution < 1.29 is 19.4 Å². The maximum atomic E-state index is 12.8. The Morgan fingerprint density at radius 2 is 1.96 bits per heavy atom. The zero-order valence-electron chi connectivity index (χ0n) is 15.1. The molecule has 25 heavy (non-hydrogen) atoms. The molecule has 1 atom stereocenters. The normalized spacial score (nSPS) is 18.0. The predicted molar refractivity (Wildman–Crippen MR) is 95.7 cm³/mol. The second-order valence-electron chi connectivity index (χ2n) is 6.61. The molecular formula is C19H28N2O4. The van der Waals surface area contributed by atoms with Crippen molar-refractivity contribution in [2.24, 2.45) is 0 Å². The quantitative estimate of drug-likeness (QED) is 0.820. The van der Waals surface area contributed by atoms with Crippen molar-refractivity contribution in [2.45, 2.75) is 38.1 Å². The topological polar surface area (TPSA) is 70.1 Å². The summed E-state index contributed by atoms with van der Waals surface area (Å²) in [4.78, 5) is 27.3. The van der Waals surface area contributed by atoms with Gasteiger partial charge >= 0.3 is 5.97 Å². The molecule has 138 valence electrons. The van der Waals surface area contributed by atoms with Crippen molar-refractivity contribution >= 4 is 11.9 Å². The van der Waals surface area contributed by atoms with E-state index in [9.17, 15) is 9.59 Å². The third-order valence-corrected chi connectivity index (χ3v) is 4.69. The monoisotopic (exact) mass is 348 g/mol. The standard InChI is InChI=1S/C19H28N2O4/c1-20(13-11-19(23)24)14-18(22)21-12-5-3-4-6-17(21)15-7-9-16(25-2)10-8-15/h7-10,17H,3-6,11-14H2,1-2H3,(H,23,24). The maximum Gasteiger partial charge on any atom is 0.304 e. The van der Waals surface area contributed by atoms with Gasteiger partial charge in [0.1, 0.15) is 5.75 Å². The van der Waals surface area contributed by atoms with Crippen molar-refractivity contribution in [3.05, 3.63) is 29.8 Å². The van der Waals surface area contributed by atoms with E-state index in [4.69, 9.17) is 9.84 Å². The second kappa shape index (κ2) is 9.42. The molecule has 0 radical (unpaired) electrons. The molecule has 1 unspecified atom stereocenters. The third-order valence-electron chi connectivity index (χ3n) is 4.69. The molecule has 1 aliphatic rings. The van der Waals surface area contributed by atoms with Crippen molar-refractivity contribution in [3.8, 4) is 5.75 Å². The molecule has 1 N–H and O–H groups in total. The van der Waals surface area contributed by atoms with Gasteiger partial charge in [-0.15, -0.1) is 0 Å². The van der Waals surface area contributed by atoms with E-state index in [1.54, 1.807) is 19.1 Å². The summed E-state index contributed by atoms with van der Waals surface area (Å²) in [5.41, 5.74) is 1.13. The minimum Gasteiger partial charge on any atom is -0.497 e. The molecule has 1 aliphatic heterocycles. The van der Waals surface area contributed by atoms with E-state index >= 15 is 0 Å². The van der Waals surface area contributed by atoms with Crippen LogP contribution in [-0.4, -0.2) is 60.6 Å². The number of nitrogens with zero attached hydrogens (tertiary/aromatic N) is 2. The highest BCUT2D eigenvalue weighted by Gasteiger charge is 2.27. The highest BCUT2D eigenvalue weighted by atomic mass is 16.5. The summed E-state index contributed by atoms with van der Waals surface area (Å²) in [5, 5.41) is 8.78. The van der Waals surface area contributed by atoms with Gasteiger partial charge in [0.25, 0.3) is 0 Å². The van der Waals surface area contributed by atoms with Gasteiger partial charge in [0, 0.05) is 13.1 Å². The van der Waals surface area contributed by atoms with Crippen LogP contribution in [0.5, 0.6) is 5.75 Å². The number of likely N-dealkylation sites (N-methyl/N-ethyl adjacent to an activating group) is 1. The predicted octanol–water partition coefficient (Wildman–Crippen LogP) is 2.55. The van der Waals surface area contributed by atoms with E-state index in [1.807, 2.05) is 29.2 Å². The largest absolute Gasteiger partial charge is 0.497 e. The number of amides is 1. The van der Waals surface area contributed by atoms with Crippen LogP contribution in [-0.2, 0) is 9.59 Å². The Morgan fingerprint density at radius 1 is 1.24 bits per heavy atom. The van der Waals surface area contributed by atoms with E-state index in [0.717, 1.165) is 43.5 Å². The molecule has 0 spiro atoms. The molecule has 1 aromatic carbocycles. The maximum absolute atomic E-state index is 12.8. The smallest absolute Gasteiger partial charge is 0.304 e. The second-order valence-corrected chi connectivity index (χ2v) is 6.61. The van der Waals surface area contributed by atoms with Crippen LogP contribution in [0.2, 0.25) is 0 Å². The number of rotatable bonds is 7. The minimum atomic E-state index is -0.842. The molecule has 0 saturated carbocycles. The number of hydrogen-bond donors (Lipinski definition) is 1. The van der Waals surface area contributed by atoms with Crippen LogP contribution in [0.25, 0.3) is 0 Å². The Labute approximate surface area is 149 Å². The first kappa shape index (κ1) is 19.2. The Hall–Kier alpha value is -2.08. The van der Waals surface area contributed by atoms with E-state index in [1.165, 1.54) is 0 Å². The lowest BCUT2D eigenvalue weighted by Crippen LogP contribution is -2.41. The van der Waals surface area contributed by atoms with Crippen LogP contribution in [0.4, 0.5) is 0 Å². The van der Waals surface area contributed by atoms with Crippen LogP contribution in [0, 0.1) is 0 Å². The third kappa shape index (κ3) is 5.74. The molecule has 1 saturated heterocycles. The fourth-order valence-corrected chi connectivity index (χ4v) is 3.27. The van der Waals surface area contributed by atoms with E-state index in [0.29, 0.717) is 6.54 Å². The van der Waals surface area contributed by atoms with Crippen molar-refractivity contribution in [1.29, 1.82) is 0 Å². The lowest BCUT2D eigenvalue weighted by atomic mass is 10.0. The van der Waals surface area contributed by atoms with Gasteiger partial charge in [0.2, 0.25) is 5.91 Å². The molecule has 6 heteroatoms. The summed E-state index contributed by atoms with van der Waals surface area (Å²) in [6.45, 7) is 1.38. The van der Waals surface area contributed by atoms with Crippen molar-refractivity contribution in [1.82, 2.24) is 9.80 Å². The summed E-state index contributed by atoms with van der Waals surface area (Å²) in [6.07, 6.45) is 4.25. The summed E-state index contributed by atoms with van der Waals surface area (Å²) >= 11 is 0. The first-order chi connectivity index (χ1) is 12.0. The molecule has 1 amide bonds. The number of methoxy groups -OCH3 is 1. The zero-order chi connectivity index (χ0) is 18.2. The van der Waals surface area contributed by atoms with Crippen LogP contribution < -0.4 is 4.74 Å². The van der Waals surface area contributed by atoms with Crippen LogP contribution in [0.3, 0.4) is 0 Å². The minimum absolute atomic E-state index is 0.0473. The number of hydrogen-bond acceptors (Lipinski definition) is 4. The van der Waals surface area contributed by atoms with E-state index < -0.39 is 5.97 Å². The number of likely N-dealkylation sites (tertiary alicyclic amines) is 1. The highest BCUT2D eigenvalue weighted by molar-refractivity contribution is 5.79. The van der Waals surface area contributed by atoms with Gasteiger partial charge < -0.3 is 14.7 Å².